The minimum Gasteiger partial charge on any atom is -0.480 e. The second kappa shape index (κ2) is 34.9. The molecule has 13 heteroatoms. The standard InChI is InChI=1S/C40H68NO11P/c1-3-5-6-7-8-9-14-18-21-24-27-30-38(43)49-32-36(33-50-53(47,48)51-34-37(41)40(45)46)52-39(44)31-28-25-22-19-16-13-11-10-12-15-17-20-23-26-29-35(42)4-2/h7-8,11-13,15,19-20,22-23,35-37,42H,3-6,9-10,14,16-18,21,24-34,41H2,1-2H3,(H,45,46)(H,47,48)/b8-7-,13-11-,15-12-,22-19-,23-20-/t35-,36-,37+/m1/s1. The number of carboxylic acids is 1. The van der Waals surface area contributed by atoms with Gasteiger partial charge in [0.1, 0.15) is 12.6 Å². The lowest BCUT2D eigenvalue weighted by molar-refractivity contribution is -0.161. The first-order chi connectivity index (χ1) is 25.5. The highest BCUT2D eigenvalue weighted by Gasteiger charge is 2.28. The fourth-order valence-corrected chi connectivity index (χ4v) is 5.38. The maximum atomic E-state index is 12.5. The highest BCUT2D eigenvalue weighted by Crippen LogP contribution is 2.43. The van der Waals surface area contributed by atoms with Crippen LogP contribution in [-0.4, -0.2) is 71.1 Å². The third kappa shape index (κ3) is 34.6. The topological polar surface area (TPSA) is 192 Å². The van der Waals surface area contributed by atoms with Crippen LogP contribution >= 0.6 is 7.82 Å². The van der Waals surface area contributed by atoms with Crippen molar-refractivity contribution >= 4 is 25.7 Å². The molecule has 0 radical (unpaired) electrons. The van der Waals surface area contributed by atoms with E-state index in [0.717, 1.165) is 77.0 Å². The molecule has 0 saturated heterocycles. The number of rotatable bonds is 35. The predicted molar refractivity (Wildman–Crippen MR) is 209 cm³/mol. The zero-order chi connectivity index (χ0) is 39.4. The van der Waals surface area contributed by atoms with Crippen LogP contribution in [0, 0.1) is 0 Å². The van der Waals surface area contributed by atoms with Crippen molar-refractivity contribution in [1.29, 1.82) is 0 Å². The van der Waals surface area contributed by atoms with E-state index in [9.17, 15) is 28.9 Å². The maximum Gasteiger partial charge on any atom is 0.472 e. The summed E-state index contributed by atoms with van der Waals surface area (Å²) in [5, 5.41) is 18.4. The largest absolute Gasteiger partial charge is 0.480 e. The van der Waals surface area contributed by atoms with Gasteiger partial charge in [-0.25, -0.2) is 4.57 Å². The number of phosphoric ester groups is 1. The number of carboxylic acid groups (broad SMARTS) is 1. The molecule has 53 heavy (non-hydrogen) atoms. The Morgan fingerprint density at radius 3 is 1.79 bits per heavy atom. The van der Waals surface area contributed by atoms with Gasteiger partial charge in [0, 0.05) is 12.8 Å². The van der Waals surface area contributed by atoms with Crippen molar-refractivity contribution in [2.24, 2.45) is 5.73 Å². The van der Waals surface area contributed by atoms with E-state index in [-0.39, 0.29) is 25.6 Å². The molecular weight excluding hydrogens is 701 g/mol. The van der Waals surface area contributed by atoms with Crippen LogP contribution in [0.4, 0.5) is 0 Å². The lowest BCUT2D eigenvalue weighted by Crippen LogP contribution is -2.34. The average Bonchev–Trinajstić information content (AvgIpc) is 3.13. The van der Waals surface area contributed by atoms with E-state index in [0.29, 0.717) is 19.3 Å². The Hall–Kier alpha value is -2.86. The number of esters is 2. The van der Waals surface area contributed by atoms with E-state index in [2.05, 4.69) is 60.1 Å². The van der Waals surface area contributed by atoms with E-state index in [1.807, 2.05) is 19.1 Å². The molecule has 4 atom stereocenters. The summed E-state index contributed by atoms with van der Waals surface area (Å²) in [7, 11) is -4.74. The third-order valence-electron chi connectivity index (χ3n) is 7.90. The van der Waals surface area contributed by atoms with Gasteiger partial charge in [-0.2, -0.15) is 0 Å². The number of aliphatic hydroxyl groups excluding tert-OH is 1. The number of hydrogen-bond acceptors (Lipinski definition) is 10. The van der Waals surface area contributed by atoms with Crippen LogP contribution in [0.25, 0.3) is 0 Å². The zero-order valence-corrected chi connectivity index (χ0v) is 33.1. The van der Waals surface area contributed by atoms with Gasteiger partial charge < -0.3 is 30.3 Å². The van der Waals surface area contributed by atoms with Gasteiger partial charge in [0.25, 0.3) is 0 Å². The molecule has 0 aromatic carbocycles. The summed E-state index contributed by atoms with van der Waals surface area (Å²) in [5.74, 6) is -2.50. The van der Waals surface area contributed by atoms with Crippen LogP contribution in [0.15, 0.2) is 60.8 Å². The zero-order valence-electron chi connectivity index (χ0n) is 32.2. The van der Waals surface area contributed by atoms with Crippen molar-refractivity contribution in [3.8, 4) is 0 Å². The highest BCUT2D eigenvalue weighted by molar-refractivity contribution is 7.47. The van der Waals surface area contributed by atoms with Crippen molar-refractivity contribution < 1.29 is 52.6 Å². The van der Waals surface area contributed by atoms with Gasteiger partial charge in [0.15, 0.2) is 6.10 Å². The summed E-state index contributed by atoms with van der Waals surface area (Å²) in [6.07, 6.45) is 35.3. The molecule has 0 spiro atoms. The summed E-state index contributed by atoms with van der Waals surface area (Å²) in [4.78, 5) is 45.7. The SMILES string of the molecule is CCCC/C=C\CCCCCCCC(=O)OC[C@H](COP(=O)(O)OC[C@H](N)C(=O)O)OC(=O)CCC/C=C\C/C=C\C/C=C\C/C=C\CC[C@H](O)CC. The van der Waals surface area contributed by atoms with Gasteiger partial charge in [0.2, 0.25) is 0 Å². The van der Waals surface area contributed by atoms with Gasteiger partial charge in [-0.05, 0) is 77.0 Å². The number of aliphatic carboxylic acids is 1. The van der Waals surface area contributed by atoms with Gasteiger partial charge in [-0.15, -0.1) is 0 Å². The van der Waals surface area contributed by atoms with Crippen LogP contribution in [0.1, 0.15) is 136 Å². The molecule has 0 rings (SSSR count). The fourth-order valence-electron chi connectivity index (χ4n) is 4.60. The number of carbonyl (C=O) groups excluding carboxylic acids is 2. The number of unbranched alkanes of at least 4 members (excludes halogenated alkanes) is 8. The predicted octanol–water partition coefficient (Wildman–Crippen LogP) is 8.58. The number of hydrogen-bond donors (Lipinski definition) is 4. The summed E-state index contributed by atoms with van der Waals surface area (Å²) < 4.78 is 32.5. The normalized spacial score (nSPS) is 15.1. The number of phosphoric acid groups is 1. The second-order valence-electron chi connectivity index (χ2n) is 12.8. The average molecular weight is 770 g/mol. The Morgan fingerprint density at radius 1 is 0.660 bits per heavy atom. The first-order valence-corrected chi connectivity index (χ1v) is 20.9. The molecule has 5 N–H and O–H groups in total. The Morgan fingerprint density at radius 2 is 1.17 bits per heavy atom. The molecular formula is C40H68NO11P. The Labute approximate surface area is 318 Å². The summed E-state index contributed by atoms with van der Waals surface area (Å²) >= 11 is 0. The minimum absolute atomic E-state index is 0.0678. The molecule has 304 valence electrons. The number of allylic oxidation sites excluding steroid dienone is 10. The van der Waals surface area contributed by atoms with Gasteiger partial charge in [0.05, 0.1) is 19.3 Å². The van der Waals surface area contributed by atoms with Gasteiger partial charge >= 0.3 is 25.7 Å². The Bertz CT molecular complexity index is 1150. The highest BCUT2D eigenvalue weighted by atomic mass is 31.2. The van der Waals surface area contributed by atoms with Gasteiger partial charge in [-0.1, -0.05) is 107 Å². The molecule has 0 aliphatic heterocycles. The van der Waals surface area contributed by atoms with Crippen LogP contribution in [0.2, 0.25) is 0 Å². The maximum absolute atomic E-state index is 12.5. The molecule has 0 aliphatic rings. The van der Waals surface area contributed by atoms with Gasteiger partial charge in [-0.3, -0.25) is 23.4 Å². The van der Waals surface area contributed by atoms with E-state index < -0.39 is 51.1 Å². The van der Waals surface area contributed by atoms with Crippen molar-refractivity contribution in [3.05, 3.63) is 60.8 Å². The number of carbonyl (C=O) groups is 3. The number of nitrogens with two attached hydrogens (primary N) is 1. The van der Waals surface area contributed by atoms with Crippen molar-refractivity contribution in [1.82, 2.24) is 0 Å². The molecule has 0 aromatic heterocycles. The lowest BCUT2D eigenvalue weighted by atomic mass is 10.1. The number of aliphatic hydroxyl groups is 1. The summed E-state index contributed by atoms with van der Waals surface area (Å²) in [5.41, 5.74) is 5.31. The molecule has 1 unspecified atom stereocenters. The molecule has 12 nitrogen and oxygen atoms in total. The smallest absolute Gasteiger partial charge is 0.472 e. The lowest BCUT2D eigenvalue weighted by Gasteiger charge is -2.20. The number of ether oxygens (including phenoxy) is 2. The Balaban J connectivity index is 4.56. The van der Waals surface area contributed by atoms with Crippen molar-refractivity contribution in [2.45, 2.75) is 154 Å². The first-order valence-electron chi connectivity index (χ1n) is 19.4. The first kappa shape index (κ1) is 50.1. The van der Waals surface area contributed by atoms with Crippen LogP contribution in [0.3, 0.4) is 0 Å². The molecule has 0 heterocycles. The molecule has 0 aromatic rings. The summed E-state index contributed by atoms with van der Waals surface area (Å²) in [6.45, 7) is 2.38. The van der Waals surface area contributed by atoms with E-state index in [1.54, 1.807) is 0 Å². The minimum atomic E-state index is -4.74. The second-order valence-corrected chi connectivity index (χ2v) is 14.3. The van der Waals surface area contributed by atoms with Crippen molar-refractivity contribution in [3.63, 3.8) is 0 Å². The van der Waals surface area contributed by atoms with Crippen LogP contribution in [0.5, 0.6) is 0 Å². The monoisotopic (exact) mass is 769 g/mol. The molecule has 0 saturated carbocycles. The van der Waals surface area contributed by atoms with Crippen LogP contribution < -0.4 is 5.73 Å². The molecule has 0 aliphatic carbocycles. The molecule has 0 fully saturated rings. The summed E-state index contributed by atoms with van der Waals surface area (Å²) in [6, 6.07) is -1.54. The molecule has 0 bridgehead atoms. The third-order valence-corrected chi connectivity index (χ3v) is 8.85. The quantitative estimate of drug-likeness (QED) is 0.0208. The van der Waals surface area contributed by atoms with E-state index in [1.165, 1.54) is 12.8 Å². The van der Waals surface area contributed by atoms with E-state index in [4.69, 9.17) is 24.8 Å². The Kier molecular flexibility index (Phi) is 33.0. The van der Waals surface area contributed by atoms with E-state index >= 15 is 0 Å². The fraction of sp³-hybridized carbons (Fsp3) is 0.675. The van der Waals surface area contributed by atoms with Crippen LogP contribution in [-0.2, 0) is 37.5 Å². The van der Waals surface area contributed by atoms with Crippen molar-refractivity contribution in [2.75, 3.05) is 19.8 Å². The molecule has 0 amide bonds.